The van der Waals surface area contributed by atoms with Gasteiger partial charge in [-0.2, -0.15) is 0 Å². The van der Waals surface area contributed by atoms with Crippen molar-refractivity contribution in [2.45, 2.75) is 6.42 Å². The lowest BCUT2D eigenvalue weighted by Crippen LogP contribution is -2.36. The molecule has 1 fully saturated rings. The Kier molecular flexibility index (Phi) is 5.71. The Balaban J connectivity index is 1.25. The third-order valence-corrected chi connectivity index (χ3v) is 4.66. The normalized spacial score (nSPS) is 14.0. The zero-order chi connectivity index (χ0) is 20.1. The van der Waals surface area contributed by atoms with Crippen LogP contribution in [-0.2, 0) is 25.5 Å². The van der Waals surface area contributed by atoms with Crippen molar-refractivity contribution >= 4 is 34.2 Å². The smallest absolute Gasteiger partial charge is 0.312 e. The van der Waals surface area contributed by atoms with E-state index in [9.17, 15) is 9.59 Å². The lowest BCUT2D eigenvalue weighted by Gasteiger charge is -2.28. The largest absolute Gasteiger partial charge is 0.455 e. The van der Waals surface area contributed by atoms with Crippen LogP contribution in [0.1, 0.15) is 5.69 Å². The summed E-state index contributed by atoms with van der Waals surface area (Å²) >= 11 is 0. The molecule has 4 rings (SSSR count). The summed E-state index contributed by atoms with van der Waals surface area (Å²) in [6.07, 6.45) is -0.0570. The Bertz CT molecular complexity index is 993. The number of benzene rings is 2. The molecule has 0 saturated carbocycles. The molecule has 8 heteroatoms. The van der Waals surface area contributed by atoms with Crippen LogP contribution in [0.4, 0.5) is 11.4 Å². The zero-order valence-electron chi connectivity index (χ0n) is 15.8. The lowest BCUT2D eigenvalue weighted by molar-refractivity contribution is -0.146. The van der Waals surface area contributed by atoms with Crippen molar-refractivity contribution < 1.29 is 23.6 Å². The fourth-order valence-electron chi connectivity index (χ4n) is 3.17. The molecule has 1 aliphatic heterocycles. The van der Waals surface area contributed by atoms with Crippen molar-refractivity contribution in [3.63, 3.8) is 0 Å². The first kappa shape index (κ1) is 18.9. The van der Waals surface area contributed by atoms with Gasteiger partial charge in [0.15, 0.2) is 12.2 Å². The third kappa shape index (κ3) is 4.72. The van der Waals surface area contributed by atoms with Crippen LogP contribution in [0.25, 0.3) is 11.0 Å². The number of ether oxygens (including phenoxy) is 2. The Morgan fingerprint density at radius 3 is 2.62 bits per heavy atom. The molecule has 1 aromatic heterocycles. The van der Waals surface area contributed by atoms with Crippen LogP contribution in [-0.4, -0.2) is 49.9 Å². The van der Waals surface area contributed by atoms with Crippen LogP contribution in [0, 0.1) is 0 Å². The lowest BCUT2D eigenvalue weighted by atomic mass is 10.2. The van der Waals surface area contributed by atoms with E-state index in [0.29, 0.717) is 30.2 Å². The summed E-state index contributed by atoms with van der Waals surface area (Å²) in [6.45, 7) is 2.77. The molecular weight excluding hydrogens is 374 g/mol. The van der Waals surface area contributed by atoms with Gasteiger partial charge in [-0.1, -0.05) is 17.3 Å². The van der Waals surface area contributed by atoms with E-state index in [4.69, 9.17) is 14.0 Å². The molecule has 150 valence electrons. The maximum absolute atomic E-state index is 12.1. The zero-order valence-corrected chi connectivity index (χ0v) is 15.8. The second-order valence-electron chi connectivity index (χ2n) is 6.66. The van der Waals surface area contributed by atoms with Crippen LogP contribution in [0.15, 0.2) is 53.1 Å². The molecule has 0 spiro atoms. The van der Waals surface area contributed by atoms with Crippen molar-refractivity contribution in [2.24, 2.45) is 0 Å². The van der Waals surface area contributed by atoms with E-state index in [1.54, 1.807) is 6.07 Å². The number of carbonyl (C=O) groups is 2. The molecule has 0 bridgehead atoms. The highest BCUT2D eigenvalue weighted by Gasteiger charge is 2.15. The first-order valence-electron chi connectivity index (χ1n) is 9.40. The van der Waals surface area contributed by atoms with Crippen LogP contribution < -0.4 is 10.2 Å². The molecule has 1 N–H and O–H groups in total. The standard InChI is InChI=1S/C21H21N3O5/c25-20(22-15-5-7-16(8-6-15)24-9-11-27-12-10-24)14-28-21(26)13-18-17-3-1-2-4-19(17)29-23-18/h1-8H,9-14H2,(H,22,25). The van der Waals surface area contributed by atoms with Crippen molar-refractivity contribution in [1.29, 1.82) is 0 Å². The maximum Gasteiger partial charge on any atom is 0.312 e. The molecule has 0 aliphatic carbocycles. The molecule has 8 nitrogen and oxygen atoms in total. The Labute approximate surface area is 167 Å². The number of nitrogens with one attached hydrogen (secondary N) is 1. The molecule has 1 amide bonds. The predicted molar refractivity (Wildman–Crippen MR) is 107 cm³/mol. The molecule has 0 atom stereocenters. The van der Waals surface area contributed by atoms with Crippen LogP contribution >= 0.6 is 0 Å². The Morgan fingerprint density at radius 2 is 1.83 bits per heavy atom. The number of carbonyl (C=O) groups excluding carboxylic acids is 2. The van der Waals surface area contributed by atoms with Crippen molar-refractivity contribution in [1.82, 2.24) is 5.16 Å². The van der Waals surface area contributed by atoms with E-state index in [1.165, 1.54) is 0 Å². The number of morpholine rings is 1. The molecule has 1 saturated heterocycles. The van der Waals surface area contributed by atoms with Gasteiger partial charge in [0.25, 0.3) is 5.91 Å². The number of esters is 1. The van der Waals surface area contributed by atoms with E-state index in [-0.39, 0.29) is 13.0 Å². The van der Waals surface area contributed by atoms with E-state index in [2.05, 4.69) is 15.4 Å². The maximum atomic E-state index is 12.1. The highest BCUT2D eigenvalue weighted by Crippen LogP contribution is 2.20. The Morgan fingerprint density at radius 1 is 1.07 bits per heavy atom. The summed E-state index contributed by atoms with van der Waals surface area (Å²) in [5, 5.41) is 7.37. The first-order valence-corrected chi connectivity index (χ1v) is 9.40. The van der Waals surface area contributed by atoms with Gasteiger partial charge < -0.3 is 24.2 Å². The molecule has 3 aromatic rings. The molecule has 1 aliphatic rings. The number of fused-ring (bicyclic) bond motifs is 1. The van der Waals surface area contributed by atoms with Crippen molar-refractivity contribution in [3.8, 4) is 0 Å². The summed E-state index contributed by atoms with van der Waals surface area (Å²) in [5.41, 5.74) is 2.82. The molecule has 2 heterocycles. The summed E-state index contributed by atoms with van der Waals surface area (Å²) in [5.74, 6) is -0.940. The van der Waals surface area contributed by atoms with Gasteiger partial charge in [-0.25, -0.2) is 0 Å². The number of anilines is 2. The number of rotatable bonds is 6. The molecule has 2 aromatic carbocycles. The van der Waals surface area contributed by atoms with Gasteiger partial charge in [0, 0.05) is 29.9 Å². The van der Waals surface area contributed by atoms with Crippen LogP contribution in [0.3, 0.4) is 0 Å². The summed E-state index contributed by atoms with van der Waals surface area (Å²) in [6, 6.07) is 14.8. The van der Waals surface area contributed by atoms with E-state index in [1.807, 2.05) is 42.5 Å². The number of hydrogen-bond donors (Lipinski definition) is 1. The monoisotopic (exact) mass is 395 g/mol. The number of nitrogens with zero attached hydrogens (tertiary/aromatic N) is 2. The molecule has 0 radical (unpaired) electrons. The highest BCUT2D eigenvalue weighted by molar-refractivity contribution is 5.93. The minimum Gasteiger partial charge on any atom is -0.455 e. The second-order valence-corrected chi connectivity index (χ2v) is 6.66. The van der Waals surface area contributed by atoms with E-state index >= 15 is 0 Å². The van der Waals surface area contributed by atoms with E-state index in [0.717, 1.165) is 24.2 Å². The summed E-state index contributed by atoms with van der Waals surface area (Å²) in [7, 11) is 0. The number of amides is 1. The van der Waals surface area contributed by atoms with Crippen molar-refractivity contribution in [3.05, 3.63) is 54.2 Å². The first-order chi connectivity index (χ1) is 14.2. The fourth-order valence-corrected chi connectivity index (χ4v) is 3.17. The fraction of sp³-hybridized carbons (Fsp3) is 0.286. The van der Waals surface area contributed by atoms with Gasteiger partial charge in [0.05, 0.1) is 19.6 Å². The minimum absolute atomic E-state index is 0.0570. The summed E-state index contributed by atoms with van der Waals surface area (Å²) < 4.78 is 15.6. The van der Waals surface area contributed by atoms with Gasteiger partial charge in [-0.15, -0.1) is 0 Å². The average Bonchev–Trinajstić information content (AvgIpc) is 3.16. The van der Waals surface area contributed by atoms with Gasteiger partial charge >= 0.3 is 5.97 Å². The molecular formula is C21H21N3O5. The highest BCUT2D eigenvalue weighted by atomic mass is 16.5. The second kappa shape index (κ2) is 8.74. The SMILES string of the molecule is O=C(COC(=O)Cc1noc2ccccc12)Nc1ccc(N2CCOCC2)cc1. The van der Waals surface area contributed by atoms with Gasteiger partial charge in [-0.05, 0) is 36.4 Å². The van der Waals surface area contributed by atoms with Crippen molar-refractivity contribution in [2.75, 3.05) is 43.1 Å². The van der Waals surface area contributed by atoms with Gasteiger partial charge in [0.1, 0.15) is 5.69 Å². The molecule has 29 heavy (non-hydrogen) atoms. The average molecular weight is 395 g/mol. The quantitative estimate of drug-likeness (QED) is 0.641. The van der Waals surface area contributed by atoms with Crippen LogP contribution in [0.5, 0.6) is 0 Å². The minimum atomic E-state index is -0.540. The number of aromatic nitrogens is 1. The molecule has 0 unspecified atom stereocenters. The number of para-hydroxylation sites is 1. The van der Waals surface area contributed by atoms with Gasteiger partial charge in [-0.3, -0.25) is 9.59 Å². The predicted octanol–water partition coefficient (Wildman–Crippen LogP) is 2.39. The van der Waals surface area contributed by atoms with Crippen LogP contribution in [0.2, 0.25) is 0 Å². The third-order valence-electron chi connectivity index (χ3n) is 4.66. The number of hydrogen-bond acceptors (Lipinski definition) is 7. The topological polar surface area (TPSA) is 93.9 Å². The van der Waals surface area contributed by atoms with E-state index < -0.39 is 11.9 Å². The summed E-state index contributed by atoms with van der Waals surface area (Å²) in [4.78, 5) is 26.3. The Hall–Kier alpha value is -3.39. The van der Waals surface area contributed by atoms with Gasteiger partial charge in [0.2, 0.25) is 0 Å².